The third-order valence-electron chi connectivity index (χ3n) is 6.13. The van der Waals surface area contributed by atoms with E-state index in [2.05, 4.69) is 10.3 Å². The molecule has 1 fully saturated rings. The van der Waals surface area contributed by atoms with Crippen molar-refractivity contribution in [2.75, 3.05) is 10.2 Å². The topological polar surface area (TPSA) is 68.4 Å². The first-order valence-electron chi connectivity index (χ1n) is 11.2. The Hall–Kier alpha value is -3.68. The van der Waals surface area contributed by atoms with Gasteiger partial charge in [-0.05, 0) is 66.5 Å². The van der Waals surface area contributed by atoms with Gasteiger partial charge in [-0.3, -0.25) is 14.5 Å². The quantitative estimate of drug-likeness (QED) is 0.334. The number of nitrogens with zero attached hydrogens (tertiary/aromatic N) is 2. The number of aryl methyl sites for hydroxylation is 1. The maximum atomic E-state index is 13.6. The number of hydrogen-bond donors (Lipinski definition) is 2. The highest BCUT2D eigenvalue weighted by Gasteiger charge is 2.44. The molecular formula is C27H23ClN4O2S. The standard InChI is InChI=1S/C27H23ClN4O2S/c1-17-6-10-21(11-7-17)32-26(34)24(31(27(32)35)16-19-4-2-3-5-22(19)28)15-25(33)30-20-9-8-18-12-13-29-23(18)14-20/h2-14,24,29H,15-16H2,1H3,(H,30,33). The molecule has 2 heterocycles. The molecule has 2 N–H and O–H groups in total. The molecule has 35 heavy (non-hydrogen) atoms. The van der Waals surface area contributed by atoms with Crippen LogP contribution in [0.3, 0.4) is 0 Å². The fourth-order valence-corrected chi connectivity index (χ4v) is 4.85. The van der Waals surface area contributed by atoms with Gasteiger partial charge in [0.2, 0.25) is 5.91 Å². The van der Waals surface area contributed by atoms with E-state index in [1.807, 2.05) is 79.9 Å². The molecular weight excluding hydrogens is 480 g/mol. The molecule has 3 aromatic carbocycles. The lowest BCUT2D eigenvalue weighted by molar-refractivity contribution is -0.124. The van der Waals surface area contributed by atoms with Crippen molar-refractivity contribution < 1.29 is 9.59 Å². The van der Waals surface area contributed by atoms with Gasteiger partial charge in [0.1, 0.15) is 6.04 Å². The fraction of sp³-hybridized carbons (Fsp3) is 0.148. The number of halogens is 1. The van der Waals surface area contributed by atoms with Crippen LogP contribution in [0.4, 0.5) is 11.4 Å². The van der Waals surface area contributed by atoms with Crippen LogP contribution in [0.15, 0.2) is 79.0 Å². The minimum absolute atomic E-state index is 0.0471. The highest BCUT2D eigenvalue weighted by Crippen LogP contribution is 2.30. The predicted octanol–water partition coefficient (Wildman–Crippen LogP) is 5.66. The summed E-state index contributed by atoms with van der Waals surface area (Å²) in [6.07, 6.45) is 1.80. The van der Waals surface area contributed by atoms with Crippen LogP contribution in [0.5, 0.6) is 0 Å². The van der Waals surface area contributed by atoms with Crippen LogP contribution in [-0.4, -0.2) is 32.9 Å². The average Bonchev–Trinajstić information content (AvgIpc) is 3.39. The smallest absolute Gasteiger partial charge is 0.256 e. The Morgan fingerprint density at radius 2 is 1.86 bits per heavy atom. The van der Waals surface area contributed by atoms with E-state index in [0.717, 1.165) is 22.0 Å². The van der Waals surface area contributed by atoms with E-state index in [-0.39, 0.29) is 18.2 Å². The van der Waals surface area contributed by atoms with E-state index < -0.39 is 6.04 Å². The summed E-state index contributed by atoms with van der Waals surface area (Å²) >= 11 is 12.2. The van der Waals surface area contributed by atoms with Gasteiger partial charge in [0.15, 0.2) is 5.11 Å². The Morgan fingerprint density at radius 3 is 2.63 bits per heavy atom. The summed E-state index contributed by atoms with van der Waals surface area (Å²) in [6.45, 7) is 2.30. The Morgan fingerprint density at radius 1 is 1.09 bits per heavy atom. The number of thiocarbonyl (C=S) groups is 1. The molecule has 6 nitrogen and oxygen atoms in total. The van der Waals surface area contributed by atoms with Crippen molar-refractivity contribution >= 4 is 63.0 Å². The number of amides is 2. The first-order chi connectivity index (χ1) is 16.9. The van der Waals surface area contributed by atoms with Crippen molar-refractivity contribution in [1.29, 1.82) is 0 Å². The number of carbonyl (C=O) groups excluding carboxylic acids is 2. The van der Waals surface area contributed by atoms with Crippen molar-refractivity contribution in [2.45, 2.75) is 25.9 Å². The second kappa shape index (κ2) is 9.52. The van der Waals surface area contributed by atoms with Crippen LogP contribution in [0.2, 0.25) is 5.02 Å². The number of carbonyl (C=O) groups is 2. The summed E-state index contributed by atoms with van der Waals surface area (Å²) in [5.41, 5.74) is 4.17. The minimum atomic E-state index is -0.755. The second-order valence-corrected chi connectivity index (χ2v) is 9.33. The van der Waals surface area contributed by atoms with E-state index in [1.165, 1.54) is 4.90 Å². The number of fused-ring (bicyclic) bond motifs is 1. The Labute approximate surface area is 213 Å². The maximum Gasteiger partial charge on any atom is 0.256 e. The molecule has 0 spiro atoms. The molecule has 1 aliphatic heterocycles. The van der Waals surface area contributed by atoms with Crippen LogP contribution in [-0.2, 0) is 16.1 Å². The number of benzene rings is 3. The predicted molar refractivity (Wildman–Crippen MR) is 144 cm³/mol. The first kappa shape index (κ1) is 23.1. The number of nitrogens with one attached hydrogen (secondary N) is 2. The lowest BCUT2D eigenvalue weighted by Crippen LogP contribution is -2.37. The number of aromatic nitrogens is 1. The van der Waals surface area contributed by atoms with Gasteiger partial charge in [-0.15, -0.1) is 0 Å². The number of aromatic amines is 1. The van der Waals surface area contributed by atoms with E-state index in [4.69, 9.17) is 23.8 Å². The van der Waals surface area contributed by atoms with Gasteiger partial charge >= 0.3 is 0 Å². The van der Waals surface area contributed by atoms with E-state index in [9.17, 15) is 9.59 Å². The van der Waals surface area contributed by atoms with Crippen molar-refractivity contribution in [3.63, 3.8) is 0 Å². The molecule has 8 heteroatoms. The number of rotatable bonds is 6. The number of H-pyrrole nitrogens is 1. The Kier molecular flexibility index (Phi) is 6.28. The molecule has 0 radical (unpaired) electrons. The van der Waals surface area contributed by atoms with Crippen LogP contribution < -0.4 is 10.2 Å². The van der Waals surface area contributed by atoms with Gasteiger partial charge in [0.05, 0.1) is 12.1 Å². The van der Waals surface area contributed by atoms with E-state index in [1.54, 1.807) is 11.0 Å². The molecule has 1 aliphatic rings. The summed E-state index contributed by atoms with van der Waals surface area (Å²) < 4.78 is 0. The lowest BCUT2D eigenvalue weighted by atomic mass is 10.1. The third-order valence-corrected chi connectivity index (χ3v) is 6.91. The van der Waals surface area contributed by atoms with Crippen molar-refractivity contribution in [2.24, 2.45) is 0 Å². The molecule has 0 saturated carbocycles. The molecule has 4 aromatic rings. The molecule has 1 unspecified atom stereocenters. The molecule has 5 rings (SSSR count). The second-order valence-electron chi connectivity index (χ2n) is 8.56. The molecule has 2 amide bonds. The Balaban J connectivity index is 1.42. The van der Waals surface area contributed by atoms with Crippen LogP contribution >= 0.6 is 23.8 Å². The zero-order valence-electron chi connectivity index (χ0n) is 19.0. The van der Waals surface area contributed by atoms with Gasteiger partial charge in [0, 0.05) is 29.0 Å². The van der Waals surface area contributed by atoms with Gasteiger partial charge in [-0.25, -0.2) is 0 Å². The van der Waals surface area contributed by atoms with Crippen molar-refractivity contribution in [3.8, 4) is 0 Å². The van der Waals surface area contributed by atoms with Gasteiger partial charge in [0.25, 0.3) is 5.91 Å². The summed E-state index contributed by atoms with van der Waals surface area (Å²) in [5.74, 6) is -0.507. The summed E-state index contributed by atoms with van der Waals surface area (Å²) in [6, 6.07) is 21.9. The molecule has 176 valence electrons. The minimum Gasteiger partial charge on any atom is -0.361 e. The molecule has 1 saturated heterocycles. The fourth-order valence-electron chi connectivity index (χ4n) is 4.27. The molecule has 0 aliphatic carbocycles. The van der Waals surface area contributed by atoms with Gasteiger partial charge < -0.3 is 15.2 Å². The zero-order chi connectivity index (χ0) is 24.5. The van der Waals surface area contributed by atoms with Gasteiger partial charge in [-0.1, -0.05) is 53.6 Å². The lowest BCUT2D eigenvalue weighted by Gasteiger charge is -2.24. The highest BCUT2D eigenvalue weighted by atomic mass is 35.5. The van der Waals surface area contributed by atoms with Crippen molar-refractivity contribution in [3.05, 3.63) is 95.1 Å². The summed E-state index contributed by atoms with van der Waals surface area (Å²) in [5, 5.41) is 4.91. The van der Waals surface area contributed by atoms with E-state index >= 15 is 0 Å². The highest BCUT2D eigenvalue weighted by molar-refractivity contribution is 7.80. The van der Waals surface area contributed by atoms with Crippen LogP contribution in [0.1, 0.15) is 17.5 Å². The molecule has 1 aromatic heterocycles. The Bertz CT molecular complexity index is 1430. The monoisotopic (exact) mass is 502 g/mol. The van der Waals surface area contributed by atoms with Crippen molar-refractivity contribution in [1.82, 2.24) is 9.88 Å². The zero-order valence-corrected chi connectivity index (χ0v) is 20.6. The molecule has 0 bridgehead atoms. The largest absolute Gasteiger partial charge is 0.361 e. The van der Waals surface area contributed by atoms with Crippen LogP contribution in [0, 0.1) is 6.92 Å². The maximum absolute atomic E-state index is 13.6. The molecule has 1 atom stereocenters. The summed E-state index contributed by atoms with van der Waals surface area (Å²) in [4.78, 5) is 33.1. The normalized spacial score (nSPS) is 15.8. The summed E-state index contributed by atoms with van der Waals surface area (Å²) in [7, 11) is 0. The average molecular weight is 503 g/mol. The van der Waals surface area contributed by atoms with Gasteiger partial charge in [-0.2, -0.15) is 0 Å². The number of hydrogen-bond acceptors (Lipinski definition) is 3. The van der Waals surface area contributed by atoms with E-state index in [0.29, 0.717) is 28.1 Å². The first-order valence-corrected chi connectivity index (χ1v) is 12.0. The third kappa shape index (κ3) is 4.65. The SMILES string of the molecule is Cc1ccc(N2C(=O)C(CC(=O)Nc3ccc4cc[nH]c4c3)N(Cc3ccccc3Cl)C2=S)cc1. The van der Waals surface area contributed by atoms with Crippen LogP contribution in [0.25, 0.3) is 10.9 Å². The number of anilines is 2.